The fourth-order valence-electron chi connectivity index (χ4n) is 3.77. The van der Waals surface area contributed by atoms with Gasteiger partial charge >= 0.3 is 5.97 Å². The Morgan fingerprint density at radius 1 is 1.05 bits per heavy atom. The molecule has 0 aliphatic heterocycles. The number of nitrogens with two attached hydrogens (primary N) is 1. The number of esters is 1. The summed E-state index contributed by atoms with van der Waals surface area (Å²) in [7, 11) is 1.40. The van der Waals surface area contributed by atoms with Gasteiger partial charge in [0.2, 0.25) is 0 Å². The first-order valence-electron chi connectivity index (χ1n) is 8.64. The molecule has 0 saturated heterocycles. The molecule has 1 atom stereocenters. The van der Waals surface area contributed by atoms with Crippen molar-refractivity contribution in [3.63, 3.8) is 0 Å². The van der Waals surface area contributed by atoms with Crippen LogP contribution in [0.25, 0.3) is 0 Å². The highest BCUT2D eigenvalue weighted by Gasteiger charge is 2.26. The first-order valence-corrected chi connectivity index (χ1v) is 8.64. The fraction of sp³-hybridized carbons (Fsp3) is 0.941. The molecule has 2 rings (SSSR count). The molecule has 2 fully saturated rings. The molecule has 0 aromatic carbocycles. The van der Waals surface area contributed by atoms with Crippen molar-refractivity contribution >= 4 is 5.97 Å². The molecule has 0 bridgehead atoms. The van der Waals surface area contributed by atoms with Crippen LogP contribution in [0.2, 0.25) is 0 Å². The number of rotatable bonds is 6. The van der Waals surface area contributed by atoms with Crippen LogP contribution in [0.15, 0.2) is 0 Å². The van der Waals surface area contributed by atoms with Gasteiger partial charge in [0, 0.05) is 6.61 Å². The lowest BCUT2D eigenvalue weighted by atomic mass is 9.83. The molecule has 122 valence electrons. The summed E-state index contributed by atoms with van der Waals surface area (Å²) in [6, 6.07) is -0.459. The minimum absolute atomic E-state index is 0.286. The van der Waals surface area contributed by atoms with E-state index in [1.807, 2.05) is 0 Å². The van der Waals surface area contributed by atoms with E-state index in [-0.39, 0.29) is 5.97 Å². The van der Waals surface area contributed by atoms with E-state index in [1.54, 1.807) is 0 Å². The summed E-state index contributed by atoms with van der Waals surface area (Å²) in [5.74, 6) is 1.06. The number of methoxy groups -OCH3 is 1. The molecule has 0 amide bonds. The van der Waals surface area contributed by atoms with Gasteiger partial charge in [-0.3, -0.25) is 4.79 Å². The second-order valence-electron chi connectivity index (χ2n) is 6.85. The van der Waals surface area contributed by atoms with E-state index in [0.717, 1.165) is 44.6 Å². The lowest BCUT2D eigenvalue weighted by molar-refractivity contribution is -0.142. The molecule has 2 saturated carbocycles. The summed E-state index contributed by atoms with van der Waals surface area (Å²) in [6.07, 6.45) is 12.5. The van der Waals surface area contributed by atoms with Crippen LogP contribution in [0, 0.1) is 11.8 Å². The standard InChI is InChI=1S/C17H31NO3/c1-20-17(19)16(18)11-13-7-9-15(10-8-13)21-12-14-5-3-2-4-6-14/h13-16H,2-12,18H2,1H3. The van der Waals surface area contributed by atoms with Crippen molar-refractivity contribution in [2.45, 2.75) is 76.4 Å². The SMILES string of the molecule is COC(=O)C(N)CC1CCC(OCC2CCCCC2)CC1. The molecule has 21 heavy (non-hydrogen) atoms. The summed E-state index contributed by atoms with van der Waals surface area (Å²) < 4.78 is 10.8. The fourth-order valence-corrected chi connectivity index (χ4v) is 3.77. The molecular weight excluding hydrogens is 266 g/mol. The molecule has 4 heteroatoms. The van der Waals surface area contributed by atoms with Crippen LogP contribution in [0.3, 0.4) is 0 Å². The van der Waals surface area contributed by atoms with Crippen molar-refractivity contribution in [3.05, 3.63) is 0 Å². The third kappa shape index (κ3) is 5.59. The summed E-state index contributed by atoms with van der Waals surface area (Å²) in [6.45, 7) is 0.955. The third-order valence-electron chi connectivity index (χ3n) is 5.18. The summed E-state index contributed by atoms with van der Waals surface area (Å²) in [5.41, 5.74) is 5.84. The van der Waals surface area contributed by atoms with Crippen LogP contribution in [0.5, 0.6) is 0 Å². The van der Waals surface area contributed by atoms with Gasteiger partial charge in [0.25, 0.3) is 0 Å². The Hall–Kier alpha value is -0.610. The smallest absolute Gasteiger partial charge is 0.322 e. The Balaban J connectivity index is 1.60. The number of carbonyl (C=O) groups is 1. The number of carbonyl (C=O) groups excluding carboxylic acids is 1. The van der Waals surface area contributed by atoms with E-state index in [0.29, 0.717) is 12.0 Å². The molecule has 4 nitrogen and oxygen atoms in total. The van der Waals surface area contributed by atoms with Crippen molar-refractivity contribution in [3.8, 4) is 0 Å². The molecule has 2 N–H and O–H groups in total. The molecule has 1 unspecified atom stereocenters. The summed E-state index contributed by atoms with van der Waals surface area (Å²) in [4.78, 5) is 11.4. The molecule has 2 aliphatic carbocycles. The highest BCUT2D eigenvalue weighted by atomic mass is 16.5. The largest absolute Gasteiger partial charge is 0.468 e. The number of ether oxygens (including phenoxy) is 2. The Labute approximate surface area is 128 Å². The molecule has 0 aromatic rings. The van der Waals surface area contributed by atoms with Crippen LogP contribution in [0.1, 0.15) is 64.2 Å². The molecule has 0 aromatic heterocycles. The van der Waals surface area contributed by atoms with E-state index in [1.165, 1.54) is 39.2 Å². The van der Waals surface area contributed by atoms with Crippen molar-refractivity contribution in [1.82, 2.24) is 0 Å². The van der Waals surface area contributed by atoms with Gasteiger partial charge in [-0.2, -0.15) is 0 Å². The Bertz CT molecular complexity index is 307. The Kier molecular flexibility index (Phi) is 6.97. The van der Waals surface area contributed by atoms with Crippen molar-refractivity contribution in [2.75, 3.05) is 13.7 Å². The average molecular weight is 297 g/mol. The monoisotopic (exact) mass is 297 g/mol. The normalized spacial score (nSPS) is 29.0. The van der Waals surface area contributed by atoms with E-state index in [2.05, 4.69) is 0 Å². The summed E-state index contributed by atoms with van der Waals surface area (Å²) in [5, 5.41) is 0. The Morgan fingerprint density at radius 3 is 2.33 bits per heavy atom. The second-order valence-corrected chi connectivity index (χ2v) is 6.85. The van der Waals surface area contributed by atoms with Gasteiger partial charge in [0.15, 0.2) is 0 Å². The Morgan fingerprint density at radius 2 is 1.71 bits per heavy atom. The van der Waals surface area contributed by atoms with Crippen molar-refractivity contribution in [1.29, 1.82) is 0 Å². The van der Waals surface area contributed by atoms with Gasteiger partial charge in [0.1, 0.15) is 6.04 Å². The molecular formula is C17H31NO3. The van der Waals surface area contributed by atoms with Crippen LogP contribution in [-0.4, -0.2) is 31.8 Å². The van der Waals surface area contributed by atoms with E-state index in [4.69, 9.17) is 15.2 Å². The minimum Gasteiger partial charge on any atom is -0.468 e. The van der Waals surface area contributed by atoms with Crippen LogP contribution in [0.4, 0.5) is 0 Å². The quantitative estimate of drug-likeness (QED) is 0.765. The van der Waals surface area contributed by atoms with E-state index in [9.17, 15) is 4.79 Å². The van der Waals surface area contributed by atoms with Crippen LogP contribution >= 0.6 is 0 Å². The van der Waals surface area contributed by atoms with Gasteiger partial charge in [-0.1, -0.05) is 19.3 Å². The highest BCUT2D eigenvalue weighted by Crippen LogP contribution is 2.31. The van der Waals surface area contributed by atoms with Crippen molar-refractivity contribution in [2.24, 2.45) is 17.6 Å². The number of hydrogen-bond acceptors (Lipinski definition) is 4. The van der Waals surface area contributed by atoms with Gasteiger partial charge in [0.05, 0.1) is 13.2 Å². The van der Waals surface area contributed by atoms with Crippen LogP contribution in [-0.2, 0) is 14.3 Å². The van der Waals surface area contributed by atoms with Gasteiger partial charge < -0.3 is 15.2 Å². The summed E-state index contributed by atoms with van der Waals surface area (Å²) >= 11 is 0. The lowest BCUT2D eigenvalue weighted by Gasteiger charge is -2.31. The lowest BCUT2D eigenvalue weighted by Crippen LogP contribution is -2.35. The maximum atomic E-state index is 11.4. The second kappa shape index (κ2) is 8.74. The maximum Gasteiger partial charge on any atom is 0.322 e. The highest BCUT2D eigenvalue weighted by molar-refractivity contribution is 5.75. The van der Waals surface area contributed by atoms with E-state index < -0.39 is 6.04 Å². The number of hydrogen-bond donors (Lipinski definition) is 1. The predicted octanol–water partition coefficient (Wildman–Crippen LogP) is 3.03. The van der Waals surface area contributed by atoms with Crippen molar-refractivity contribution < 1.29 is 14.3 Å². The predicted molar refractivity (Wildman–Crippen MR) is 82.9 cm³/mol. The topological polar surface area (TPSA) is 61.5 Å². The molecule has 0 spiro atoms. The maximum absolute atomic E-state index is 11.4. The average Bonchev–Trinajstić information content (AvgIpc) is 2.54. The van der Waals surface area contributed by atoms with E-state index >= 15 is 0 Å². The first-order chi connectivity index (χ1) is 10.2. The molecule has 2 aliphatic rings. The molecule has 0 radical (unpaired) electrons. The minimum atomic E-state index is -0.459. The van der Waals surface area contributed by atoms with Crippen LogP contribution < -0.4 is 5.73 Å². The van der Waals surface area contributed by atoms with Gasteiger partial charge in [-0.05, 0) is 56.8 Å². The van der Waals surface area contributed by atoms with Gasteiger partial charge in [-0.25, -0.2) is 0 Å². The third-order valence-corrected chi connectivity index (χ3v) is 5.18. The van der Waals surface area contributed by atoms with Gasteiger partial charge in [-0.15, -0.1) is 0 Å². The zero-order valence-corrected chi connectivity index (χ0v) is 13.4. The first kappa shape index (κ1) is 16.8. The zero-order chi connectivity index (χ0) is 15.1. The molecule has 0 heterocycles. The zero-order valence-electron chi connectivity index (χ0n) is 13.4.